The standard InChI is InChI=1S/C10H19NO6/c1-10(2,3)17-9(15)11-5-6(12)7(13)8(14)16-4/h6-7,12-13H,5H2,1-4H3,(H,11,15)/t6-,7+/m0/s1. The highest BCUT2D eigenvalue weighted by atomic mass is 16.6. The van der Waals surface area contributed by atoms with Gasteiger partial charge in [-0.05, 0) is 20.8 Å². The number of esters is 1. The first-order chi connectivity index (χ1) is 7.67. The fourth-order valence-corrected chi connectivity index (χ4v) is 0.892. The number of hydrogen-bond acceptors (Lipinski definition) is 6. The monoisotopic (exact) mass is 249 g/mol. The van der Waals surface area contributed by atoms with E-state index in [1.807, 2.05) is 0 Å². The Bertz CT molecular complexity index is 272. The van der Waals surface area contributed by atoms with Gasteiger partial charge < -0.3 is 25.0 Å². The molecule has 0 aromatic carbocycles. The lowest BCUT2D eigenvalue weighted by Crippen LogP contribution is -2.44. The normalized spacial score (nSPS) is 14.7. The van der Waals surface area contributed by atoms with Crippen LogP contribution in [0.4, 0.5) is 4.79 Å². The summed E-state index contributed by atoms with van der Waals surface area (Å²) in [5.41, 5.74) is -0.657. The molecule has 0 fully saturated rings. The zero-order valence-electron chi connectivity index (χ0n) is 10.4. The Morgan fingerprint density at radius 1 is 1.29 bits per heavy atom. The third-order valence-electron chi connectivity index (χ3n) is 1.66. The van der Waals surface area contributed by atoms with Gasteiger partial charge in [0.25, 0.3) is 0 Å². The van der Waals surface area contributed by atoms with Gasteiger partial charge in [-0.25, -0.2) is 9.59 Å². The topological polar surface area (TPSA) is 105 Å². The maximum Gasteiger partial charge on any atom is 0.407 e. The summed E-state index contributed by atoms with van der Waals surface area (Å²) in [6.45, 7) is 4.75. The van der Waals surface area contributed by atoms with Crippen molar-refractivity contribution in [3.63, 3.8) is 0 Å². The van der Waals surface area contributed by atoms with Crippen LogP contribution in [0.25, 0.3) is 0 Å². The van der Waals surface area contributed by atoms with Crippen LogP contribution in [-0.4, -0.2) is 53.7 Å². The van der Waals surface area contributed by atoms with E-state index in [0.29, 0.717) is 0 Å². The minimum absolute atomic E-state index is 0.314. The largest absolute Gasteiger partial charge is 0.467 e. The molecule has 0 radical (unpaired) electrons. The number of carbonyl (C=O) groups excluding carboxylic acids is 2. The van der Waals surface area contributed by atoms with Crippen molar-refractivity contribution in [1.82, 2.24) is 5.32 Å². The first kappa shape index (κ1) is 15.7. The molecule has 7 nitrogen and oxygen atoms in total. The van der Waals surface area contributed by atoms with E-state index in [0.717, 1.165) is 7.11 Å². The molecular weight excluding hydrogens is 230 g/mol. The van der Waals surface area contributed by atoms with Crippen molar-refractivity contribution in [2.45, 2.75) is 38.6 Å². The minimum Gasteiger partial charge on any atom is -0.467 e. The number of nitrogens with one attached hydrogen (secondary N) is 1. The van der Waals surface area contributed by atoms with Gasteiger partial charge in [0, 0.05) is 6.54 Å². The lowest BCUT2D eigenvalue weighted by atomic mass is 10.2. The molecule has 0 heterocycles. The predicted octanol–water partition coefficient (Wildman–Crippen LogP) is -0.594. The molecule has 0 rings (SSSR count). The maximum atomic E-state index is 11.2. The fraction of sp³-hybridized carbons (Fsp3) is 0.800. The van der Waals surface area contributed by atoms with E-state index in [2.05, 4.69) is 10.1 Å². The Morgan fingerprint density at radius 3 is 2.24 bits per heavy atom. The van der Waals surface area contributed by atoms with Gasteiger partial charge in [-0.3, -0.25) is 0 Å². The number of ether oxygens (including phenoxy) is 2. The molecule has 0 bridgehead atoms. The molecule has 3 N–H and O–H groups in total. The van der Waals surface area contributed by atoms with Crippen LogP contribution in [0.2, 0.25) is 0 Å². The number of alkyl carbamates (subject to hydrolysis) is 1. The van der Waals surface area contributed by atoms with E-state index in [1.165, 1.54) is 0 Å². The number of rotatable bonds is 4. The van der Waals surface area contributed by atoms with Crippen molar-refractivity contribution >= 4 is 12.1 Å². The first-order valence-electron chi connectivity index (χ1n) is 5.08. The summed E-state index contributed by atoms with van der Waals surface area (Å²) in [6.07, 6.45) is -3.89. The minimum atomic E-state index is -1.70. The van der Waals surface area contributed by atoms with Gasteiger partial charge in [-0.1, -0.05) is 0 Å². The van der Waals surface area contributed by atoms with Gasteiger partial charge in [0.1, 0.15) is 11.7 Å². The Balaban J connectivity index is 4.04. The highest BCUT2D eigenvalue weighted by Gasteiger charge is 2.26. The number of methoxy groups -OCH3 is 1. The highest BCUT2D eigenvalue weighted by molar-refractivity contribution is 5.75. The first-order valence-corrected chi connectivity index (χ1v) is 5.08. The molecule has 100 valence electrons. The van der Waals surface area contributed by atoms with Gasteiger partial charge in [0.15, 0.2) is 6.10 Å². The molecule has 0 saturated heterocycles. The molecule has 0 aliphatic heterocycles. The Morgan fingerprint density at radius 2 is 1.82 bits per heavy atom. The smallest absolute Gasteiger partial charge is 0.407 e. The number of hydrogen-bond donors (Lipinski definition) is 3. The van der Waals surface area contributed by atoms with Crippen LogP contribution in [0, 0.1) is 0 Å². The second-order valence-corrected chi connectivity index (χ2v) is 4.42. The quantitative estimate of drug-likeness (QED) is 0.575. The lowest BCUT2D eigenvalue weighted by Gasteiger charge is -2.21. The third kappa shape index (κ3) is 6.75. The Hall–Kier alpha value is -1.34. The molecule has 2 atom stereocenters. The van der Waals surface area contributed by atoms with Crippen molar-refractivity contribution in [2.75, 3.05) is 13.7 Å². The summed E-state index contributed by atoms with van der Waals surface area (Å²) in [7, 11) is 1.08. The van der Waals surface area contributed by atoms with E-state index < -0.39 is 29.9 Å². The van der Waals surface area contributed by atoms with Gasteiger partial charge in [0.05, 0.1) is 7.11 Å². The maximum absolute atomic E-state index is 11.2. The number of amides is 1. The Kier molecular flexibility index (Phi) is 5.90. The average Bonchev–Trinajstić information content (AvgIpc) is 2.21. The number of carbonyl (C=O) groups is 2. The lowest BCUT2D eigenvalue weighted by molar-refractivity contribution is -0.156. The summed E-state index contributed by atoms with van der Waals surface area (Å²) in [4.78, 5) is 22.0. The summed E-state index contributed by atoms with van der Waals surface area (Å²) in [5.74, 6) is -0.969. The molecule has 7 heteroatoms. The summed E-state index contributed by atoms with van der Waals surface area (Å²) in [5, 5.41) is 20.8. The summed E-state index contributed by atoms with van der Waals surface area (Å²) in [6, 6.07) is 0. The fourth-order valence-electron chi connectivity index (χ4n) is 0.892. The van der Waals surface area contributed by atoms with E-state index in [4.69, 9.17) is 4.74 Å². The van der Waals surface area contributed by atoms with E-state index in [9.17, 15) is 19.8 Å². The van der Waals surface area contributed by atoms with Gasteiger partial charge in [0.2, 0.25) is 0 Å². The SMILES string of the molecule is COC(=O)[C@H](O)[C@@H](O)CNC(=O)OC(C)(C)C. The van der Waals surface area contributed by atoms with Crippen LogP contribution in [0.3, 0.4) is 0 Å². The van der Waals surface area contributed by atoms with Crippen LogP contribution in [0.1, 0.15) is 20.8 Å². The van der Waals surface area contributed by atoms with Crippen LogP contribution in [0.15, 0.2) is 0 Å². The molecular formula is C10H19NO6. The van der Waals surface area contributed by atoms with Crippen molar-refractivity contribution in [1.29, 1.82) is 0 Å². The van der Waals surface area contributed by atoms with Crippen LogP contribution < -0.4 is 5.32 Å². The van der Waals surface area contributed by atoms with E-state index in [-0.39, 0.29) is 6.54 Å². The Labute approximate surface area is 99.7 Å². The molecule has 0 aliphatic carbocycles. The summed E-state index contributed by atoms with van der Waals surface area (Å²) >= 11 is 0. The summed E-state index contributed by atoms with van der Waals surface area (Å²) < 4.78 is 9.12. The highest BCUT2D eigenvalue weighted by Crippen LogP contribution is 2.06. The van der Waals surface area contributed by atoms with Crippen molar-refractivity contribution in [2.24, 2.45) is 0 Å². The molecule has 0 spiro atoms. The molecule has 0 aromatic heterocycles. The predicted molar refractivity (Wildman–Crippen MR) is 58.3 cm³/mol. The van der Waals surface area contributed by atoms with E-state index >= 15 is 0 Å². The molecule has 17 heavy (non-hydrogen) atoms. The molecule has 0 aromatic rings. The van der Waals surface area contributed by atoms with Gasteiger partial charge in [-0.15, -0.1) is 0 Å². The van der Waals surface area contributed by atoms with Gasteiger partial charge >= 0.3 is 12.1 Å². The third-order valence-corrected chi connectivity index (χ3v) is 1.66. The zero-order valence-corrected chi connectivity index (χ0v) is 10.4. The molecule has 1 amide bonds. The zero-order chi connectivity index (χ0) is 13.6. The van der Waals surface area contributed by atoms with Gasteiger partial charge in [-0.2, -0.15) is 0 Å². The second-order valence-electron chi connectivity index (χ2n) is 4.42. The van der Waals surface area contributed by atoms with Crippen molar-refractivity contribution in [3.8, 4) is 0 Å². The number of aliphatic hydroxyl groups is 2. The van der Waals surface area contributed by atoms with Crippen LogP contribution in [0.5, 0.6) is 0 Å². The molecule has 0 aliphatic rings. The molecule has 0 unspecified atom stereocenters. The van der Waals surface area contributed by atoms with Crippen LogP contribution in [-0.2, 0) is 14.3 Å². The van der Waals surface area contributed by atoms with E-state index in [1.54, 1.807) is 20.8 Å². The second kappa shape index (κ2) is 6.41. The molecule has 0 saturated carbocycles. The van der Waals surface area contributed by atoms with Crippen molar-refractivity contribution in [3.05, 3.63) is 0 Å². The average molecular weight is 249 g/mol. The number of aliphatic hydroxyl groups excluding tert-OH is 2. The van der Waals surface area contributed by atoms with Crippen LogP contribution >= 0.6 is 0 Å². The van der Waals surface area contributed by atoms with Crippen molar-refractivity contribution < 1.29 is 29.3 Å².